The second-order valence-corrected chi connectivity index (χ2v) is 8.10. The van der Waals surface area contributed by atoms with Crippen molar-refractivity contribution in [2.75, 3.05) is 19.3 Å². The van der Waals surface area contributed by atoms with Crippen LogP contribution in [0.2, 0.25) is 0 Å². The highest BCUT2D eigenvalue weighted by atomic mass is 32.2. The van der Waals surface area contributed by atoms with E-state index >= 15 is 0 Å². The molecule has 7 heteroatoms. The lowest BCUT2D eigenvalue weighted by molar-refractivity contribution is -0.139. The van der Waals surface area contributed by atoms with Crippen molar-refractivity contribution in [2.45, 2.75) is 43.6 Å². The van der Waals surface area contributed by atoms with E-state index in [9.17, 15) is 18.0 Å². The summed E-state index contributed by atoms with van der Waals surface area (Å²) in [7, 11) is -3.41. The summed E-state index contributed by atoms with van der Waals surface area (Å²) in [6, 6.07) is 5.63. The third-order valence-electron chi connectivity index (χ3n) is 4.05. The zero-order valence-electron chi connectivity index (χ0n) is 14.0. The SMILES string of the molecule is CC(OC(=O)c1cccc(S(C)(=O)=O)c1)C(=O)N1CCCCCC1. The number of carbonyl (C=O) groups is 2. The van der Waals surface area contributed by atoms with Gasteiger partial charge in [-0.25, -0.2) is 13.2 Å². The van der Waals surface area contributed by atoms with Gasteiger partial charge in [-0.1, -0.05) is 18.9 Å². The fourth-order valence-corrected chi connectivity index (χ4v) is 3.35. The van der Waals surface area contributed by atoms with Crippen LogP contribution in [0, 0.1) is 0 Å². The number of ether oxygens (including phenoxy) is 1. The molecule has 1 aromatic rings. The normalized spacial score (nSPS) is 17.0. The summed E-state index contributed by atoms with van der Waals surface area (Å²) in [6.45, 7) is 2.92. The number of sulfone groups is 1. The molecule has 6 nitrogen and oxygen atoms in total. The van der Waals surface area contributed by atoms with Crippen molar-refractivity contribution >= 4 is 21.7 Å². The van der Waals surface area contributed by atoms with E-state index in [1.807, 2.05) is 0 Å². The molecule has 0 spiro atoms. The molecule has 0 aromatic heterocycles. The summed E-state index contributed by atoms with van der Waals surface area (Å²) < 4.78 is 28.4. The van der Waals surface area contributed by atoms with Crippen molar-refractivity contribution in [3.8, 4) is 0 Å². The van der Waals surface area contributed by atoms with Gasteiger partial charge >= 0.3 is 5.97 Å². The molecule has 24 heavy (non-hydrogen) atoms. The Morgan fingerprint density at radius 2 is 1.75 bits per heavy atom. The molecule has 2 rings (SSSR count). The predicted molar refractivity (Wildman–Crippen MR) is 89.5 cm³/mol. The van der Waals surface area contributed by atoms with Crippen molar-refractivity contribution in [3.05, 3.63) is 29.8 Å². The smallest absolute Gasteiger partial charge is 0.338 e. The van der Waals surface area contributed by atoms with Gasteiger partial charge in [0.05, 0.1) is 10.5 Å². The van der Waals surface area contributed by atoms with E-state index in [0.29, 0.717) is 13.1 Å². The minimum absolute atomic E-state index is 0.0449. The monoisotopic (exact) mass is 353 g/mol. The first-order valence-corrected chi connectivity index (χ1v) is 9.98. The number of hydrogen-bond donors (Lipinski definition) is 0. The topological polar surface area (TPSA) is 80.8 Å². The number of esters is 1. The Hall–Kier alpha value is -1.89. The first-order valence-electron chi connectivity index (χ1n) is 8.09. The zero-order chi connectivity index (χ0) is 17.7. The fourth-order valence-electron chi connectivity index (χ4n) is 2.68. The van der Waals surface area contributed by atoms with Gasteiger partial charge in [0.1, 0.15) is 0 Å². The van der Waals surface area contributed by atoms with Gasteiger partial charge in [0, 0.05) is 19.3 Å². The minimum atomic E-state index is -3.41. The summed E-state index contributed by atoms with van der Waals surface area (Å²) in [5.41, 5.74) is 0.119. The summed E-state index contributed by atoms with van der Waals surface area (Å²) in [4.78, 5) is 26.4. The number of hydrogen-bond acceptors (Lipinski definition) is 5. The lowest BCUT2D eigenvalue weighted by Gasteiger charge is -2.24. The summed E-state index contributed by atoms with van der Waals surface area (Å²) in [6.07, 6.45) is 4.32. The van der Waals surface area contributed by atoms with Crippen molar-refractivity contribution in [1.29, 1.82) is 0 Å². The maximum atomic E-state index is 12.4. The second kappa shape index (κ2) is 7.79. The van der Waals surface area contributed by atoms with Crippen LogP contribution in [-0.2, 0) is 19.4 Å². The van der Waals surface area contributed by atoms with Crippen LogP contribution in [0.5, 0.6) is 0 Å². The molecule has 1 aliphatic heterocycles. The molecule has 0 saturated carbocycles. The van der Waals surface area contributed by atoms with E-state index in [0.717, 1.165) is 31.9 Å². The molecular weight excluding hydrogens is 330 g/mol. The highest BCUT2D eigenvalue weighted by molar-refractivity contribution is 7.90. The molecule has 1 aliphatic rings. The number of rotatable bonds is 4. The molecule has 0 radical (unpaired) electrons. The van der Waals surface area contributed by atoms with Crippen LogP contribution in [-0.4, -0.2) is 50.6 Å². The number of carbonyl (C=O) groups excluding carboxylic acids is 2. The Kier molecular flexibility index (Phi) is 5.99. The Balaban J connectivity index is 2.04. The number of likely N-dealkylation sites (tertiary alicyclic amines) is 1. The van der Waals surface area contributed by atoms with Crippen molar-refractivity contribution in [1.82, 2.24) is 4.90 Å². The maximum absolute atomic E-state index is 12.4. The average molecular weight is 353 g/mol. The first-order chi connectivity index (χ1) is 11.3. The minimum Gasteiger partial charge on any atom is -0.449 e. The van der Waals surface area contributed by atoms with Gasteiger partial charge in [0.15, 0.2) is 15.9 Å². The highest BCUT2D eigenvalue weighted by Gasteiger charge is 2.25. The highest BCUT2D eigenvalue weighted by Crippen LogP contribution is 2.15. The van der Waals surface area contributed by atoms with Gasteiger partial charge in [-0.2, -0.15) is 0 Å². The van der Waals surface area contributed by atoms with E-state index in [1.165, 1.54) is 24.3 Å². The van der Waals surface area contributed by atoms with Crippen LogP contribution in [0.25, 0.3) is 0 Å². The van der Waals surface area contributed by atoms with E-state index in [4.69, 9.17) is 4.74 Å². The van der Waals surface area contributed by atoms with Gasteiger partial charge in [0.2, 0.25) is 0 Å². The molecule has 1 atom stereocenters. The molecule has 1 amide bonds. The molecule has 1 aromatic carbocycles. The van der Waals surface area contributed by atoms with Crippen LogP contribution in [0.4, 0.5) is 0 Å². The largest absolute Gasteiger partial charge is 0.449 e. The van der Waals surface area contributed by atoms with Gasteiger partial charge in [-0.15, -0.1) is 0 Å². The third-order valence-corrected chi connectivity index (χ3v) is 5.16. The van der Waals surface area contributed by atoms with Crippen LogP contribution in [0.1, 0.15) is 43.0 Å². The molecule has 0 bridgehead atoms. The van der Waals surface area contributed by atoms with Crippen LogP contribution >= 0.6 is 0 Å². The lowest BCUT2D eigenvalue weighted by Crippen LogP contribution is -2.40. The summed E-state index contributed by atoms with van der Waals surface area (Å²) in [5.74, 6) is -0.902. The standard InChI is InChI=1S/C17H23NO5S/c1-13(16(19)18-10-5-3-4-6-11-18)23-17(20)14-8-7-9-15(12-14)24(2,21)22/h7-9,12-13H,3-6,10-11H2,1-2H3. The maximum Gasteiger partial charge on any atom is 0.338 e. The number of benzene rings is 1. The van der Waals surface area contributed by atoms with Gasteiger partial charge < -0.3 is 9.64 Å². The molecular formula is C17H23NO5S. The Bertz CT molecular complexity index is 705. The average Bonchev–Trinajstić information content (AvgIpc) is 2.82. The van der Waals surface area contributed by atoms with Crippen molar-refractivity contribution in [2.24, 2.45) is 0 Å². The van der Waals surface area contributed by atoms with E-state index in [1.54, 1.807) is 11.8 Å². The van der Waals surface area contributed by atoms with Crippen molar-refractivity contribution in [3.63, 3.8) is 0 Å². The summed E-state index contributed by atoms with van der Waals surface area (Å²) in [5, 5.41) is 0. The van der Waals surface area contributed by atoms with Crippen LogP contribution in [0.15, 0.2) is 29.2 Å². The van der Waals surface area contributed by atoms with Crippen LogP contribution < -0.4 is 0 Å². The molecule has 1 heterocycles. The molecule has 0 aliphatic carbocycles. The van der Waals surface area contributed by atoms with Gasteiger partial charge in [-0.05, 0) is 38.0 Å². The quantitative estimate of drug-likeness (QED) is 0.774. The number of amides is 1. The van der Waals surface area contributed by atoms with Crippen molar-refractivity contribution < 1.29 is 22.7 Å². The van der Waals surface area contributed by atoms with Gasteiger partial charge in [0.25, 0.3) is 5.91 Å². The van der Waals surface area contributed by atoms with E-state index < -0.39 is 21.9 Å². The molecule has 0 N–H and O–H groups in total. The third kappa shape index (κ3) is 4.80. The summed E-state index contributed by atoms with van der Waals surface area (Å²) >= 11 is 0. The molecule has 132 valence electrons. The fraction of sp³-hybridized carbons (Fsp3) is 0.529. The lowest BCUT2D eigenvalue weighted by atomic mass is 10.2. The molecule has 1 saturated heterocycles. The predicted octanol–water partition coefficient (Wildman–Crippen LogP) is 2.04. The molecule has 1 fully saturated rings. The van der Waals surface area contributed by atoms with E-state index in [-0.39, 0.29) is 16.4 Å². The number of nitrogens with zero attached hydrogens (tertiary/aromatic N) is 1. The molecule has 1 unspecified atom stereocenters. The second-order valence-electron chi connectivity index (χ2n) is 6.09. The Morgan fingerprint density at radius 1 is 1.12 bits per heavy atom. The van der Waals surface area contributed by atoms with Gasteiger partial charge in [-0.3, -0.25) is 4.79 Å². The Morgan fingerprint density at radius 3 is 2.33 bits per heavy atom. The van der Waals surface area contributed by atoms with Crippen LogP contribution in [0.3, 0.4) is 0 Å². The zero-order valence-corrected chi connectivity index (χ0v) is 14.8. The Labute approximate surface area is 142 Å². The van der Waals surface area contributed by atoms with E-state index in [2.05, 4.69) is 0 Å². The first kappa shape index (κ1) is 18.4.